The molecular weight excluding hydrogens is 665 g/mol. The molecule has 1 heterocycles. The molecule has 1 aliphatic rings. The molecule has 0 unspecified atom stereocenters. The van der Waals surface area contributed by atoms with E-state index in [2.05, 4.69) is 69.8 Å². The average Bonchev–Trinajstić information content (AvgIpc) is 3.49. The van der Waals surface area contributed by atoms with E-state index in [-0.39, 0.29) is 34.7 Å². The molecule has 3 rings (SSSR count). The molecule has 0 saturated carbocycles. The zero-order valence-corrected chi connectivity index (χ0v) is 35.3. The fourth-order valence-electron chi connectivity index (χ4n) is 6.82. The van der Waals surface area contributed by atoms with Gasteiger partial charge in [0, 0.05) is 49.4 Å². The van der Waals surface area contributed by atoms with Crippen molar-refractivity contribution in [3.63, 3.8) is 0 Å². The molecule has 0 radical (unpaired) electrons. The highest BCUT2D eigenvalue weighted by molar-refractivity contribution is 5.79. The Morgan fingerprint density at radius 1 is 1.02 bits per heavy atom. The number of nitrogens with zero attached hydrogens (tertiary/aromatic N) is 3. The van der Waals surface area contributed by atoms with Crippen LogP contribution in [-0.2, 0) is 33.7 Å². The van der Waals surface area contributed by atoms with Gasteiger partial charge in [-0.1, -0.05) is 48.8 Å². The number of esters is 1. The van der Waals surface area contributed by atoms with Crippen LogP contribution in [0.2, 0.25) is 0 Å². The summed E-state index contributed by atoms with van der Waals surface area (Å²) in [7, 11) is 1.98. The van der Waals surface area contributed by atoms with Gasteiger partial charge >= 0.3 is 5.97 Å². The number of unbranched alkanes of at least 4 members (excludes halogenated alkanes) is 2. The topological polar surface area (TPSA) is 108 Å². The van der Waals surface area contributed by atoms with Crippen LogP contribution in [0.1, 0.15) is 150 Å². The molecule has 1 aliphatic carbocycles. The number of nitrogens with one attached hydrogen (secondary N) is 1. The van der Waals surface area contributed by atoms with Crippen molar-refractivity contribution in [2.45, 2.75) is 170 Å². The van der Waals surface area contributed by atoms with Crippen LogP contribution in [-0.4, -0.2) is 63.1 Å². The van der Waals surface area contributed by atoms with Gasteiger partial charge in [0.1, 0.15) is 11.5 Å². The van der Waals surface area contributed by atoms with E-state index < -0.39 is 11.0 Å². The molecule has 9 nitrogen and oxygen atoms in total. The summed E-state index contributed by atoms with van der Waals surface area (Å²) in [5.74, 6) is 0.346. The van der Waals surface area contributed by atoms with Gasteiger partial charge in [0.05, 0.1) is 22.3 Å². The predicted octanol–water partition coefficient (Wildman–Crippen LogP) is 9.67. The molecular formula is C44H72N4O5. The van der Waals surface area contributed by atoms with Crippen LogP contribution in [0.4, 0.5) is 0 Å². The van der Waals surface area contributed by atoms with Gasteiger partial charge in [0.2, 0.25) is 0 Å². The lowest BCUT2D eigenvalue weighted by molar-refractivity contribution is -0.146. The van der Waals surface area contributed by atoms with Crippen LogP contribution in [0.5, 0.6) is 11.5 Å². The maximum atomic E-state index is 13.9. The molecule has 0 bridgehead atoms. The lowest BCUT2D eigenvalue weighted by Crippen LogP contribution is -2.38. The lowest BCUT2D eigenvalue weighted by Gasteiger charge is -2.33. The summed E-state index contributed by atoms with van der Waals surface area (Å²) in [5.41, 5.74) is 3.28. The van der Waals surface area contributed by atoms with E-state index in [1.54, 1.807) is 0 Å². The van der Waals surface area contributed by atoms with E-state index in [1.165, 1.54) is 5.57 Å². The highest BCUT2D eigenvalue weighted by Gasteiger charge is 2.35. The van der Waals surface area contributed by atoms with E-state index in [1.807, 2.05) is 64.7 Å². The highest BCUT2D eigenvalue weighted by Crippen LogP contribution is 2.47. The standard InChI is InChI=1S/C44H72N4O5/c1-14-15-16-17-33-27-37(49)39(36-26-32(4)18-19-35(36)31(2)3)38(28-33)53-40(50)41(5,6)21-24-52-44(11,12)29-34-30-48(47-46-34)23-20-43(9,10)51-25-22-42(7,8)45-13/h26-28,30,35-36,45,49H,2,14-25,29H2,1,3-13H3/t35-,36+/m0/s1. The number of phenols is 1. The van der Waals surface area contributed by atoms with Crippen LogP contribution in [0.15, 0.2) is 42.1 Å². The fourth-order valence-corrected chi connectivity index (χ4v) is 6.82. The minimum atomic E-state index is -0.825. The Balaban J connectivity index is 1.63. The Morgan fingerprint density at radius 2 is 1.70 bits per heavy atom. The van der Waals surface area contributed by atoms with Crippen molar-refractivity contribution in [3.8, 4) is 11.5 Å². The maximum absolute atomic E-state index is 13.9. The van der Waals surface area contributed by atoms with Gasteiger partial charge in [0.15, 0.2) is 0 Å². The molecule has 2 N–H and O–H groups in total. The van der Waals surface area contributed by atoms with Gasteiger partial charge in [-0.15, -0.1) is 5.10 Å². The van der Waals surface area contributed by atoms with E-state index in [9.17, 15) is 9.90 Å². The molecule has 1 aromatic heterocycles. The Kier molecular flexibility index (Phi) is 15.9. The zero-order chi connectivity index (χ0) is 39.6. The number of carbonyl (C=O) groups is 1. The number of allylic oxidation sites excluding steroid dienone is 3. The molecule has 2 atom stereocenters. The smallest absolute Gasteiger partial charge is 0.316 e. The van der Waals surface area contributed by atoms with Crippen molar-refractivity contribution in [1.82, 2.24) is 20.3 Å². The van der Waals surface area contributed by atoms with E-state index in [0.29, 0.717) is 43.9 Å². The summed E-state index contributed by atoms with van der Waals surface area (Å²) in [6.07, 6.45) is 13.0. The summed E-state index contributed by atoms with van der Waals surface area (Å²) >= 11 is 0. The molecule has 9 heteroatoms. The van der Waals surface area contributed by atoms with E-state index >= 15 is 0 Å². The van der Waals surface area contributed by atoms with Gasteiger partial charge in [-0.05, 0) is 145 Å². The minimum Gasteiger partial charge on any atom is -0.507 e. The van der Waals surface area contributed by atoms with Crippen LogP contribution in [0.25, 0.3) is 0 Å². The molecule has 0 saturated heterocycles. The number of phenolic OH excluding ortho intramolecular Hbond substituents is 1. The number of hydrogen-bond donors (Lipinski definition) is 2. The summed E-state index contributed by atoms with van der Waals surface area (Å²) in [5, 5.41) is 23.6. The molecule has 0 fully saturated rings. The Hall–Kier alpha value is -3.01. The first-order valence-corrected chi connectivity index (χ1v) is 19.9. The number of benzene rings is 1. The van der Waals surface area contributed by atoms with Crippen molar-refractivity contribution in [2.75, 3.05) is 20.3 Å². The first-order chi connectivity index (χ1) is 24.7. The second kappa shape index (κ2) is 19.0. The first-order valence-electron chi connectivity index (χ1n) is 19.9. The second-order valence-corrected chi connectivity index (χ2v) is 18.0. The van der Waals surface area contributed by atoms with Crippen LogP contribution in [0, 0.1) is 11.3 Å². The number of carbonyl (C=O) groups excluding carboxylic acids is 1. The van der Waals surface area contributed by atoms with Gasteiger partial charge in [-0.2, -0.15) is 0 Å². The predicted molar refractivity (Wildman–Crippen MR) is 216 cm³/mol. The molecule has 2 aromatic rings. The fraction of sp³-hybridized carbons (Fsp3) is 0.705. The largest absolute Gasteiger partial charge is 0.507 e. The van der Waals surface area contributed by atoms with Gasteiger partial charge in [-0.3, -0.25) is 9.48 Å². The lowest BCUT2D eigenvalue weighted by atomic mass is 9.73. The minimum absolute atomic E-state index is 0.0420. The summed E-state index contributed by atoms with van der Waals surface area (Å²) in [4.78, 5) is 13.9. The van der Waals surface area contributed by atoms with E-state index in [0.717, 1.165) is 68.2 Å². The first kappa shape index (κ1) is 44.4. The van der Waals surface area contributed by atoms with Crippen LogP contribution >= 0.6 is 0 Å². The van der Waals surface area contributed by atoms with Crippen molar-refractivity contribution in [2.24, 2.45) is 11.3 Å². The second-order valence-electron chi connectivity index (χ2n) is 18.0. The van der Waals surface area contributed by atoms with Crippen molar-refractivity contribution >= 4 is 5.97 Å². The van der Waals surface area contributed by atoms with Gasteiger partial charge in [-0.25, -0.2) is 0 Å². The molecule has 53 heavy (non-hydrogen) atoms. The zero-order valence-electron chi connectivity index (χ0n) is 35.3. The Bertz CT molecular complexity index is 1540. The number of aromatic hydroxyl groups is 1. The number of aromatic nitrogens is 3. The van der Waals surface area contributed by atoms with Gasteiger partial charge < -0.3 is 24.6 Å². The van der Waals surface area contributed by atoms with Crippen molar-refractivity contribution in [3.05, 3.63) is 59.0 Å². The van der Waals surface area contributed by atoms with Crippen molar-refractivity contribution < 1.29 is 24.1 Å². The molecule has 0 spiro atoms. The number of rotatable bonds is 22. The monoisotopic (exact) mass is 737 g/mol. The Labute approximate surface area is 321 Å². The third-order valence-corrected chi connectivity index (χ3v) is 11.0. The quantitative estimate of drug-likeness (QED) is 0.0533. The summed E-state index contributed by atoms with van der Waals surface area (Å²) in [6.45, 7) is 28.9. The maximum Gasteiger partial charge on any atom is 0.316 e. The number of hydrogen-bond acceptors (Lipinski definition) is 8. The molecule has 0 aliphatic heterocycles. The van der Waals surface area contributed by atoms with Crippen LogP contribution < -0.4 is 10.1 Å². The molecule has 298 valence electrons. The summed E-state index contributed by atoms with van der Waals surface area (Å²) < 4.78 is 20.7. The van der Waals surface area contributed by atoms with Crippen molar-refractivity contribution in [1.29, 1.82) is 0 Å². The number of ether oxygens (including phenoxy) is 3. The molecule has 1 aromatic carbocycles. The van der Waals surface area contributed by atoms with E-state index in [4.69, 9.17) is 14.2 Å². The third-order valence-electron chi connectivity index (χ3n) is 11.0. The normalized spacial score (nSPS) is 17.2. The SMILES string of the molecule is C=C(C)[C@@H]1CCC(C)=C[C@H]1c1c(O)cc(CCCCC)cc1OC(=O)C(C)(C)CCOC(C)(C)Cc1cn(CCC(C)(C)OCCC(C)(C)NC)nn1. The third kappa shape index (κ3) is 14.0. The van der Waals surface area contributed by atoms with Gasteiger partial charge in [0.25, 0.3) is 0 Å². The molecule has 0 amide bonds. The van der Waals surface area contributed by atoms with Crippen LogP contribution in [0.3, 0.4) is 0 Å². The number of aryl methyl sites for hydroxylation is 2. The Morgan fingerprint density at radius 3 is 2.36 bits per heavy atom. The average molecular weight is 737 g/mol. The highest BCUT2D eigenvalue weighted by atomic mass is 16.5. The summed E-state index contributed by atoms with van der Waals surface area (Å²) in [6, 6.07) is 3.83.